The number of aryl methyl sites for hydroxylation is 2. The van der Waals surface area contributed by atoms with Crippen LogP contribution in [0.25, 0.3) is 0 Å². The molecule has 0 spiro atoms. The van der Waals surface area contributed by atoms with Gasteiger partial charge < -0.3 is 0 Å². The van der Waals surface area contributed by atoms with Crippen LogP contribution in [-0.4, -0.2) is 24.3 Å². The Labute approximate surface area is 127 Å². The number of amides is 1. The summed E-state index contributed by atoms with van der Waals surface area (Å²) in [7, 11) is -3.82. The largest absolute Gasteiger partial charge is 0.286 e. The molecule has 114 valence electrons. The molecule has 1 aromatic carbocycles. The lowest BCUT2D eigenvalue weighted by atomic mass is 10.1. The second-order valence-corrected chi connectivity index (χ2v) is 6.62. The molecule has 0 unspecified atom stereocenters. The highest BCUT2D eigenvalue weighted by Gasteiger charge is 2.19. The van der Waals surface area contributed by atoms with E-state index in [-0.39, 0.29) is 10.6 Å². The van der Waals surface area contributed by atoms with E-state index in [1.165, 1.54) is 24.2 Å². The molecule has 0 fully saturated rings. The van der Waals surface area contributed by atoms with Crippen molar-refractivity contribution in [3.05, 3.63) is 53.6 Å². The van der Waals surface area contributed by atoms with Gasteiger partial charge in [-0.3, -0.25) is 15.2 Å². The van der Waals surface area contributed by atoms with Gasteiger partial charge in [0, 0.05) is 12.4 Å². The Balaban J connectivity index is 1.73. The van der Waals surface area contributed by atoms with Crippen LogP contribution in [-0.2, 0) is 22.9 Å². The number of carbonyl (C=O) groups excluding carboxylic acids is 1. The van der Waals surface area contributed by atoms with Gasteiger partial charge in [0.1, 0.15) is 5.69 Å². The van der Waals surface area contributed by atoms with Gasteiger partial charge in [-0.25, -0.2) is 13.4 Å². The number of aromatic nitrogens is 2. The smallest absolute Gasteiger partial charge is 0.272 e. The van der Waals surface area contributed by atoms with Crippen LogP contribution in [0.15, 0.2) is 41.7 Å². The van der Waals surface area contributed by atoms with Crippen molar-refractivity contribution in [3.8, 4) is 0 Å². The third-order valence-electron chi connectivity index (χ3n) is 3.48. The number of nitrogens with zero attached hydrogens (tertiary/aromatic N) is 2. The maximum Gasteiger partial charge on any atom is 0.286 e. The summed E-state index contributed by atoms with van der Waals surface area (Å²) in [6.45, 7) is 0. The lowest BCUT2D eigenvalue weighted by Gasteiger charge is -2.09. The van der Waals surface area contributed by atoms with Gasteiger partial charge in [0.25, 0.3) is 15.9 Å². The molecule has 3 rings (SSSR count). The van der Waals surface area contributed by atoms with Crippen molar-refractivity contribution in [2.75, 3.05) is 0 Å². The molecule has 0 saturated heterocycles. The fourth-order valence-corrected chi connectivity index (χ4v) is 3.26. The molecule has 0 aliphatic heterocycles. The first-order valence-corrected chi connectivity index (χ1v) is 8.24. The first-order valence-electron chi connectivity index (χ1n) is 6.76. The Hall–Kier alpha value is -2.32. The number of hydrogen-bond acceptors (Lipinski definition) is 5. The highest BCUT2D eigenvalue weighted by molar-refractivity contribution is 7.89. The van der Waals surface area contributed by atoms with Crippen molar-refractivity contribution in [2.45, 2.75) is 24.2 Å². The van der Waals surface area contributed by atoms with Crippen LogP contribution in [0.3, 0.4) is 0 Å². The van der Waals surface area contributed by atoms with Crippen LogP contribution in [0.2, 0.25) is 0 Å². The minimum atomic E-state index is -3.82. The van der Waals surface area contributed by atoms with Crippen LogP contribution in [0.1, 0.15) is 28.0 Å². The van der Waals surface area contributed by atoms with E-state index >= 15 is 0 Å². The highest BCUT2D eigenvalue weighted by atomic mass is 32.2. The monoisotopic (exact) mass is 318 g/mol. The fraction of sp³-hybridized carbons (Fsp3) is 0.214. The van der Waals surface area contributed by atoms with Gasteiger partial charge in [0.05, 0.1) is 11.1 Å². The van der Waals surface area contributed by atoms with Crippen molar-refractivity contribution >= 4 is 15.9 Å². The lowest BCUT2D eigenvalue weighted by molar-refractivity contribution is 0.0939. The number of rotatable bonds is 4. The van der Waals surface area contributed by atoms with Crippen molar-refractivity contribution in [1.82, 2.24) is 20.2 Å². The number of benzene rings is 1. The summed E-state index contributed by atoms with van der Waals surface area (Å²) < 4.78 is 24.4. The van der Waals surface area contributed by atoms with Crippen molar-refractivity contribution in [3.63, 3.8) is 0 Å². The second kappa shape index (κ2) is 5.82. The molecule has 1 aromatic heterocycles. The summed E-state index contributed by atoms with van der Waals surface area (Å²) in [5.41, 5.74) is 4.38. The molecule has 22 heavy (non-hydrogen) atoms. The molecular weight excluding hydrogens is 304 g/mol. The summed E-state index contributed by atoms with van der Waals surface area (Å²) in [6.07, 6.45) is 6.92. The van der Waals surface area contributed by atoms with Gasteiger partial charge in [0.2, 0.25) is 0 Å². The molecular formula is C14H14N4O3S. The minimum Gasteiger partial charge on any atom is -0.272 e. The van der Waals surface area contributed by atoms with Crippen LogP contribution >= 0.6 is 0 Å². The molecule has 2 aromatic rings. The van der Waals surface area contributed by atoms with Crippen LogP contribution < -0.4 is 10.3 Å². The zero-order valence-corrected chi connectivity index (χ0v) is 12.4. The average molecular weight is 318 g/mol. The Kier molecular flexibility index (Phi) is 3.86. The Bertz CT molecular complexity index is 806. The minimum absolute atomic E-state index is 0.0270. The van der Waals surface area contributed by atoms with Crippen molar-refractivity contribution < 1.29 is 13.2 Å². The van der Waals surface area contributed by atoms with Crippen LogP contribution in [0.5, 0.6) is 0 Å². The van der Waals surface area contributed by atoms with Crippen molar-refractivity contribution in [1.29, 1.82) is 0 Å². The molecule has 1 aliphatic carbocycles. The summed E-state index contributed by atoms with van der Waals surface area (Å²) in [5.74, 6) is -0.669. The van der Waals surface area contributed by atoms with E-state index in [0.29, 0.717) is 0 Å². The van der Waals surface area contributed by atoms with E-state index < -0.39 is 15.9 Å². The van der Waals surface area contributed by atoms with Gasteiger partial charge in [-0.15, -0.1) is 4.83 Å². The number of hydrogen-bond donors (Lipinski definition) is 2. The molecule has 0 radical (unpaired) electrons. The van der Waals surface area contributed by atoms with Gasteiger partial charge >= 0.3 is 0 Å². The van der Waals surface area contributed by atoms with Crippen LogP contribution in [0.4, 0.5) is 0 Å². The summed E-state index contributed by atoms with van der Waals surface area (Å²) >= 11 is 0. The van der Waals surface area contributed by atoms with Gasteiger partial charge in [-0.1, -0.05) is 6.07 Å². The topological polar surface area (TPSA) is 101 Å². The molecule has 0 atom stereocenters. The first kappa shape index (κ1) is 14.6. The normalized spacial score (nSPS) is 13.6. The number of hydrazine groups is 1. The molecule has 1 aliphatic rings. The summed E-state index contributed by atoms with van der Waals surface area (Å²) in [4.78, 5) is 21.5. The van der Waals surface area contributed by atoms with E-state index in [4.69, 9.17) is 0 Å². The molecule has 0 bridgehead atoms. The maximum atomic E-state index is 12.2. The van der Waals surface area contributed by atoms with Gasteiger partial charge in [0.15, 0.2) is 0 Å². The van der Waals surface area contributed by atoms with E-state index in [9.17, 15) is 13.2 Å². The molecule has 0 saturated carbocycles. The summed E-state index contributed by atoms with van der Waals surface area (Å²) in [5, 5.41) is 0. The number of sulfonamides is 1. The van der Waals surface area contributed by atoms with E-state index in [2.05, 4.69) is 20.2 Å². The molecule has 8 heteroatoms. The van der Waals surface area contributed by atoms with E-state index in [1.54, 1.807) is 12.1 Å². The van der Waals surface area contributed by atoms with Crippen molar-refractivity contribution in [2.24, 2.45) is 0 Å². The first-order chi connectivity index (χ1) is 10.6. The van der Waals surface area contributed by atoms with Gasteiger partial charge in [-0.05, 0) is 42.5 Å². The lowest BCUT2D eigenvalue weighted by Crippen LogP contribution is -2.41. The number of carbonyl (C=O) groups is 1. The van der Waals surface area contributed by atoms with Gasteiger partial charge in [-0.2, -0.15) is 0 Å². The average Bonchev–Trinajstić information content (AvgIpc) is 3.01. The number of fused-ring (bicyclic) bond motifs is 1. The Morgan fingerprint density at radius 1 is 1.14 bits per heavy atom. The highest BCUT2D eigenvalue weighted by Crippen LogP contribution is 2.24. The third-order valence-corrected chi connectivity index (χ3v) is 4.72. The molecule has 2 N–H and O–H groups in total. The second-order valence-electron chi connectivity index (χ2n) is 4.93. The predicted octanol–water partition coefficient (Wildman–Crippen LogP) is 0.589. The van der Waals surface area contributed by atoms with E-state index in [0.717, 1.165) is 24.8 Å². The van der Waals surface area contributed by atoms with E-state index in [1.807, 2.05) is 6.07 Å². The SMILES string of the molecule is O=C(NNS(=O)(=O)c1ccc2c(c1)CCC2)c1cnccn1. The predicted molar refractivity (Wildman–Crippen MR) is 78.3 cm³/mol. The molecule has 7 nitrogen and oxygen atoms in total. The Morgan fingerprint density at radius 2 is 1.95 bits per heavy atom. The Morgan fingerprint density at radius 3 is 2.73 bits per heavy atom. The zero-order valence-electron chi connectivity index (χ0n) is 11.6. The quantitative estimate of drug-likeness (QED) is 0.803. The number of nitrogens with one attached hydrogen (secondary N) is 2. The molecule has 1 amide bonds. The standard InChI is InChI=1S/C14H14N4O3S/c19-14(13-9-15-6-7-16-13)17-18-22(20,21)12-5-4-10-2-1-3-11(10)8-12/h4-9,18H,1-3H2,(H,17,19). The summed E-state index contributed by atoms with van der Waals surface area (Å²) in [6, 6.07) is 5.02. The molecule has 1 heterocycles. The third kappa shape index (κ3) is 2.97. The van der Waals surface area contributed by atoms with Crippen LogP contribution in [0, 0.1) is 0 Å². The maximum absolute atomic E-state index is 12.2. The zero-order chi connectivity index (χ0) is 15.6. The fourth-order valence-electron chi connectivity index (χ4n) is 2.37.